The molecule has 0 radical (unpaired) electrons. The number of hydrogen-bond acceptors (Lipinski definition) is 1. The highest BCUT2D eigenvalue weighted by molar-refractivity contribution is 5.16. The standard InChI is InChI=1S/C13H21NO/c1-10(2)6-5-7-12-8-11(3)9-13(15)14(12)4/h8-10H,5-7H2,1-4H3. The number of hydrogen-bond donors (Lipinski definition) is 0. The van der Waals surface area contributed by atoms with Crippen molar-refractivity contribution in [1.29, 1.82) is 0 Å². The summed E-state index contributed by atoms with van der Waals surface area (Å²) >= 11 is 0. The van der Waals surface area contributed by atoms with E-state index in [-0.39, 0.29) is 5.56 Å². The number of rotatable bonds is 4. The van der Waals surface area contributed by atoms with Crippen LogP contribution in [0.5, 0.6) is 0 Å². The van der Waals surface area contributed by atoms with Gasteiger partial charge in [0, 0.05) is 18.8 Å². The van der Waals surface area contributed by atoms with E-state index in [1.165, 1.54) is 6.42 Å². The third-order valence-electron chi connectivity index (χ3n) is 2.72. The molecule has 1 heterocycles. The van der Waals surface area contributed by atoms with Gasteiger partial charge in [0.1, 0.15) is 0 Å². The van der Waals surface area contributed by atoms with Crippen molar-refractivity contribution in [3.63, 3.8) is 0 Å². The lowest BCUT2D eigenvalue weighted by Gasteiger charge is -2.09. The minimum atomic E-state index is 0.106. The second-order valence-electron chi connectivity index (χ2n) is 4.71. The van der Waals surface area contributed by atoms with E-state index in [1.54, 1.807) is 10.6 Å². The monoisotopic (exact) mass is 207 g/mol. The van der Waals surface area contributed by atoms with Gasteiger partial charge in [0.2, 0.25) is 0 Å². The summed E-state index contributed by atoms with van der Waals surface area (Å²) in [5, 5.41) is 0. The first-order valence-corrected chi connectivity index (χ1v) is 5.67. The van der Waals surface area contributed by atoms with Crippen LogP contribution < -0.4 is 5.56 Å². The second kappa shape index (κ2) is 5.15. The van der Waals surface area contributed by atoms with E-state index in [2.05, 4.69) is 19.9 Å². The second-order valence-corrected chi connectivity index (χ2v) is 4.71. The minimum Gasteiger partial charge on any atom is -0.316 e. The van der Waals surface area contributed by atoms with Crippen LogP contribution in [0.1, 0.15) is 37.9 Å². The number of pyridine rings is 1. The molecule has 0 amide bonds. The normalized spacial score (nSPS) is 11.0. The SMILES string of the molecule is Cc1cc(CCCC(C)C)n(C)c(=O)c1. The highest BCUT2D eigenvalue weighted by Gasteiger charge is 2.02. The van der Waals surface area contributed by atoms with E-state index in [1.807, 2.05) is 14.0 Å². The summed E-state index contributed by atoms with van der Waals surface area (Å²) in [6.45, 7) is 6.44. The molecular weight excluding hydrogens is 186 g/mol. The van der Waals surface area contributed by atoms with E-state index in [4.69, 9.17) is 0 Å². The predicted octanol–water partition coefficient (Wildman–Crippen LogP) is 2.67. The van der Waals surface area contributed by atoms with Crippen LogP contribution in [-0.4, -0.2) is 4.57 Å². The molecule has 2 heteroatoms. The quantitative estimate of drug-likeness (QED) is 0.744. The van der Waals surface area contributed by atoms with Crippen LogP contribution >= 0.6 is 0 Å². The molecular formula is C13H21NO. The Kier molecular flexibility index (Phi) is 4.13. The summed E-state index contributed by atoms with van der Waals surface area (Å²) in [6, 6.07) is 3.80. The molecule has 15 heavy (non-hydrogen) atoms. The first-order chi connectivity index (χ1) is 7.00. The van der Waals surface area contributed by atoms with Crippen molar-refractivity contribution in [2.75, 3.05) is 0 Å². The van der Waals surface area contributed by atoms with Crippen molar-refractivity contribution in [3.05, 3.63) is 33.7 Å². The molecule has 1 rings (SSSR count). The fourth-order valence-electron chi connectivity index (χ4n) is 1.77. The smallest absolute Gasteiger partial charge is 0.250 e. The maximum atomic E-state index is 11.5. The number of aryl methyl sites for hydroxylation is 2. The molecule has 0 fully saturated rings. The van der Waals surface area contributed by atoms with Crippen molar-refractivity contribution in [1.82, 2.24) is 4.57 Å². The van der Waals surface area contributed by atoms with Crippen LogP contribution in [0.4, 0.5) is 0 Å². The van der Waals surface area contributed by atoms with Gasteiger partial charge in [-0.1, -0.05) is 20.3 Å². The Balaban J connectivity index is 2.72. The molecule has 1 aromatic rings. The fourth-order valence-corrected chi connectivity index (χ4v) is 1.77. The molecule has 0 aliphatic rings. The van der Waals surface area contributed by atoms with E-state index in [9.17, 15) is 4.79 Å². The summed E-state index contributed by atoms with van der Waals surface area (Å²) in [6.07, 6.45) is 3.39. The summed E-state index contributed by atoms with van der Waals surface area (Å²) in [4.78, 5) is 11.5. The maximum Gasteiger partial charge on any atom is 0.250 e. The van der Waals surface area contributed by atoms with Gasteiger partial charge in [0.25, 0.3) is 5.56 Å². The zero-order valence-corrected chi connectivity index (χ0v) is 10.2. The van der Waals surface area contributed by atoms with Gasteiger partial charge < -0.3 is 4.57 Å². The van der Waals surface area contributed by atoms with E-state index in [0.717, 1.165) is 30.0 Å². The lowest BCUT2D eigenvalue weighted by atomic mass is 10.0. The molecule has 0 aliphatic heterocycles. The van der Waals surface area contributed by atoms with Crippen molar-refractivity contribution in [2.24, 2.45) is 13.0 Å². The highest BCUT2D eigenvalue weighted by atomic mass is 16.1. The molecule has 0 saturated heterocycles. The largest absolute Gasteiger partial charge is 0.316 e. The van der Waals surface area contributed by atoms with Gasteiger partial charge in [-0.15, -0.1) is 0 Å². The van der Waals surface area contributed by atoms with Crippen molar-refractivity contribution >= 4 is 0 Å². The van der Waals surface area contributed by atoms with Crippen molar-refractivity contribution < 1.29 is 0 Å². The zero-order valence-electron chi connectivity index (χ0n) is 10.2. The molecule has 0 spiro atoms. The molecule has 0 aromatic carbocycles. The molecule has 84 valence electrons. The zero-order chi connectivity index (χ0) is 11.4. The Morgan fingerprint density at radius 3 is 2.60 bits per heavy atom. The number of nitrogens with zero attached hydrogens (tertiary/aromatic N) is 1. The molecule has 1 aromatic heterocycles. The summed E-state index contributed by atoms with van der Waals surface area (Å²) in [5.41, 5.74) is 2.33. The van der Waals surface area contributed by atoms with E-state index in [0.29, 0.717) is 0 Å². The summed E-state index contributed by atoms with van der Waals surface area (Å²) in [5.74, 6) is 0.742. The molecule has 0 N–H and O–H groups in total. The van der Waals surface area contributed by atoms with Crippen LogP contribution in [0.25, 0.3) is 0 Å². The van der Waals surface area contributed by atoms with Crippen LogP contribution in [-0.2, 0) is 13.5 Å². The first kappa shape index (κ1) is 12.0. The Morgan fingerprint density at radius 2 is 2.00 bits per heavy atom. The molecule has 0 saturated carbocycles. The third kappa shape index (κ3) is 3.54. The molecule has 2 nitrogen and oxygen atoms in total. The maximum absolute atomic E-state index is 11.5. The Hall–Kier alpha value is -1.05. The number of aromatic nitrogens is 1. The molecule has 0 bridgehead atoms. The van der Waals surface area contributed by atoms with E-state index < -0.39 is 0 Å². The average molecular weight is 207 g/mol. The topological polar surface area (TPSA) is 22.0 Å². The summed E-state index contributed by atoms with van der Waals surface area (Å²) < 4.78 is 1.76. The van der Waals surface area contributed by atoms with Crippen LogP contribution in [0.15, 0.2) is 16.9 Å². The van der Waals surface area contributed by atoms with Crippen LogP contribution in [0, 0.1) is 12.8 Å². The van der Waals surface area contributed by atoms with Crippen LogP contribution in [0.3, 0.4) is 0 Å². The first-order valence-electron chi connectivity index (χ1n) is 5.67. The van der Waals surface area contributed by atoms with Gasteiger partial charge in [-0.2, -0.15) is 0 Å². The van der Waals surface area contributed by atoms with Gasteiger partial charge in [-0.3, -0.25) is 4.79 Å². The molecule has 0 atom stereocenters. The summed E-state index contributed by atoms with van der Waals surface area (Å²) in [7, 11) is 1.85. The minimum absolute atomic E-state index is 0.106. The van der Waals surface area contributed by atoms with Gasteiger partial charge in [-0.25, -0.2) is 0 Å². The average Bonchev–Trinajstić information content (AvgIpc) is 2.12. The Bertz CT molecular complexity index is 377. The van der Waals surface area contributed by atoms with Crippen molar-refractivity contribution in [2.45, 2.75) is 40.0 Å². The third-order valence-corrected chi connectivity index (χ3v) is 2.72. The molecule has 0 unspecified atom stereocenters. The lowest BCUT2D eigenvalue weighted by Crippen LogP contribution is -2.19. The lowest BCUT2D eigenvalue weighted by molar-refractivity contribution is 0.546. The fraction of sp³-hybridized carbons (Fsp3) is 0.615. The van der Waals surface area contributed by atoms with Gasteiger partial charge in [-0.05, 0) is 37.3 Å². The van der Waals surface area contributed by atoms with Gasteiger partial charge >= 0.3 is 0 Å². The Labute approximate surface area is 91.9 Å². The van der Waals surface area contributed by atoms with Crippen LogP contribution in [0.2, 0.25) is 0 Å². The van der Waals surface area contributed by atoms with Gasteiger partial charge in [0.15, 0.2) is 0 Å². The van der Waals surface area contributed by atoms with Gasteiger partial charge in [0.05, 0.1) is 0 Å². The molecule has 0 aliphatic carbocycles. The Morgan fingerprint density at radius 1 is 1.33 bits per heavy atom. The van der Waals surface area contributed by atoms with Crippen molar-refractivity contribution in [3.8, 4) is 0 Å². The predicted molar refractivity (Wildman–Crippen MR) is 64.2 cm³/mol. The highest BCUT2D eigenvalue weighted by Crippen LogP contribution is 2.09. The van der Waals surface area contributed by atoms with E-state index >= 15 is 0 Å².